The molecular weight excluding hydrogens is 236 g/mol. The highest BCUT2D eigenvalue weighted by atomic mass is 35.5. The van der Waals surface area contributed by atoms with Gasteiger partial charge in [-0.25, -0.2) is 0 Å². The summed E-state index contributed by atoms with van der Waals surface area (Å²) in [6, 6.07) is 0.563. The van der Waals surface area contributed by atoms with Crippen LogP contribution in [0.3, 0.4) is 0 Å². The van der Waals surface area contributed by atoms with Crippen LogP contribution in [-0.2, 0) is 13.6 Å². The molecule has 2 heterocycles. The fourth-order valence-corrected chi connectivity index (χ4v) is 2.56. The van der Waals surface area contributed by atoms with Gasteiger partial charge in [-0.1, -0.05) is 6.42 Å². The maximum absolute atomic E-state index is 5.83. The van der Waals surface area contributed by atoms with Crippen LogP contribution in [0.5, 0.6) is 0 Å². The molecule has 4 nitrogen and oxygen atoms in total. The molecule has 98 valence electrons. The first-order chi connectivity index (χ1) is 7.70. The average molecular weight is 259 g/mol. The van der Waals surface area contributed by atoms with Crippen molar-refractivity contribution in [1.82, 2.24) is 14.7 Å². The third-order valence-electron chi connectivity index (χ3n) is 3.51. The van der Waals surface area contributed by atoms with E-state index in [1.54, 1.807) is 0 Å². The summed E-state index contributed by atoms with van der Waals surface area (Å²) in [6.07, 6.45) is 5.99. The van der Waals surface area contributed by atoms with Crippen molar-refractivity contribution in [2.24, 2.45) is 12.8 Å². The Morgan fingerprint density at radius 2 is 2.24 bits per heavy atom. The molecule has 0 spiro atoms. The Labute approximate surface area is 110 Å². The highest BCUT2D eigenvalue weighted by Crippen LogP contribution is 2.19. The number of nitrogens with zero attached hydrogens (tertiary/aromatic N) is 3. The zero-order chi connectivity index (χ0) is 11.5. The fourth-order valence-electron chi connectivity index (χ4n) is 2.56. The van der Waals surface area contributed by atoms with E-state index in [4.69, 9.17) is 5.73 Å². The van der Waals surface area contributed by atoms with Crippen LogP contribution in [-0.4, -0.2) is 33.8 Å². The summed E-state index contributed by atoms with van der Waals surface area (Å²) in [7, 11) is 1.98. The molecule has 1 atom stereocenters. The van der Waals surface area contributed by atoms with E-state index in [1.165, 1.54) is 31.4 Å². The van der Waals surface area contributed by atoms with Crippen LogP contribution in [0.15, 0.2) is 6.20 Å². The average Bonchev–Trinajstić information content (AvgIpc) is 2.58. The monoisotopic (exact) mass is 258 g/mol. The van der Waals surface area contributed by atoms with Crippen molar-refractivity contribution >= 4 is 12.4 Å². The molecule has 0 aromatic carbocycles. The Balaban J connectivity index is 0.00000144. The van der Waals surface area contributed by atoms with Crippen LogP contribution in [0.2, 0.25) is 0 Å². The standard InChI is InChI=1S/C12H22N4.ClH/c1-10-11(8-15(2)14-10)9-16-6-4-3-5-12(16)7-13;/h8,12H,3-7,9,13H2,1-2H3;1H. The maximum Gasteiger partial charge on any atom is 0.0638 e. The van der Waals surface area contributed by atoms with Gasteiger partial charge < -0.3 is 5.73 Å². The zero-order valence-electron chi connectivity index (χ0n) is 10.7. The van der Waals surface area contributed by atoms with Crippen LogP contribution in [0.4, 0.5) is 0 Å². The smallest absolute Gasteiger partial charge is 0.0638 e. The van der Waals surface area contributed by atoms with Gasteiger partial charge in [0, 0.05) is 37.9 Å². The molecule has 0 bridgehead atoms. The molecule has 1 aliphatic rings. The van der Waals surface area contributed by atoms with E-state index in [2.05, 4.69) is 23.1 Å². The minimum Gasteiger partial charge on any atom is -0.329 e. The van der Waals surface area contributed by atoms with Crippen LogP contribution in [0, 0.1) is 6.92 Å². The van der Waals surface area contributed by atoms with Crippen molar-refractivity contribution in [2.75, 3.05) is 13.1 Å². The van der Waals surface area contributed by atoms with Gasteiger partial charge in [-0.3, -0.25) is 9.58 Å². The van der Waals surface area contributed by atoms with E-state index in [-0.39, 0.29) is 12.4 Å². The summed E-state index contributed by atoms with van der Waals surface area (Å²) >= 11 is 0. The Kier molecular flexibility index (Phi) is 5.43. The lowest BCUT2D eigenvalue weighted by Gasteiger charge is -2.34. The van der Waals surface area contributed by atoms with Crippen molar-refractivity contribution in [2.45, 2.75) is 38.8 Å². The van der Waals surface area contributed by atoms with Crippen molar-refractivity contribution in [3.05, 3.63) is 17.5 Å². The molecule has 1 aromatic heterocycles. The number of aromatic nitrogens is 2. The van der Waals surface area contributed by atoms with Gasteiger partial charge in [-0.2, -0.15) is 5.10 Å². The van der Waals surface area contributed by atoms with Gasteiger partial charge in [0.25, 0.3) is 0 Å². The van der Waals surface area contributed by atoms with Crippen molar-refractivity contribution in [3.8, 4) is 0 Å². The topological polar surface area (TPSA) is 47.1 Å². The Bertz CT molecular complexity index is 350. The number of likely N-dealkylation sites (tertiary alicyclic amines) is 1. The molecule has 1 fully saturated rings. The molecule has 0 radical (unpaired) electrons. The Morgan fingerprint density at radius 3 is 2.82 bits per heavy atom. The first-order valence-electron chi connectivity index (χ1n) is 6.14. The van der Waals surface area contributed by atoms with E-state index >= 15 is 0 Å². The lowest BCUT2D eigenvalue weighted by atomic mass is 10.0. The third-order valence-corrected chi connectivity index (χ3v) is 3.51. The number of halogens is 1. The summed E-state index contributed by atoms with van der Waals surface area (Å²) in [5.41, 5.74) is 8.31. The molecule has 1 saturated heterocycles. The normalized spacial score (nSPS) is 21.2. The molecule has 2 rings (SSSR count). The first kappa shape index (κ1) is 14.5. The molecule has 17 heavy (non-hydrogen) atoms. The lowest BCUT2D eigenvalue weighted by molar-refractivity contribution is 0.144. The fraction of sp³-hybridized carbons (Fsp3) is 0.750. The highest BCUT2D eigenvalue weighted by molar-refractivity contribution is 5.85. The second-order valence-corrected chi connectivity index (χ2v) is 4.77. The van der Waals surface area contributed by atoms with Gasteiger partial charge in [0.1, 0.15) is 0 Å². The summed E-state index contributed by atoms with van der Waals surface area (Å²) in [5, 5.41) is 4.39. The molecule has 5 heteroatoms. The second kappa shape index (κ2) is 6.38. The number of hydrogen-bond donors (Lipinski definition) is 1. The minimum atomic E-state index is 0. The third kappa shape index (κ3) is 3.44. The number of hydrogen-bond acceptors (Lipinski definition) is 3. The number of nitrogens with two attached hydrogens (primary N) is 1. The molecule has 0 aliphatic carbocycles. The van der Waals surface area contributed by atoms with Gasteiger partial charge in [-0.05, 0) is 26.3 Å². The predicted molar refractivity (Wildman–Crippen MR) is 72.3 cm³/mol. The predicted octanol–water partition coefficient (Wildman–Crippen LogP) is 1.46. The number of piperidine rings is 1. The summed E-state index contributed by atoms with van der Waals surface area (Å²) < 4.78 is 1.89. The van der Waals surface area contributed by atoms with Gasteiger partial charge in [-0.15, -0.1) is 12.4 Å². The van der Waals surface area contributed by atoms with E-state index < -0.39 is 0 Å². The van der Waals surface area contributed by atoms with Crippen LogP contribution in [0.25, 0.3) is 0 Å². The molecule has 1 aromatic rings. The lowest BCUT2D eigenvalue weighted by Crippen LogP contribution is -2.43. The first-order valence-corrected chi connectivity index (χ1v) is 6.14. The van der Waals surface area contributed by atoms with Crippen LogP contribution < -0.4 is 5.73 Å². The van der Waals surface area contributed by atoms with Crippen LogP contribution in [0.1, 0.15) is 30.5 Å². The molecule has 1 aliphatic heterocycles. The molecule has 1 unspecified atom stereocenters. The molecular formula is C12H23ClN4. The second-order valence-electron chi connectivity index (χ2n) is 4.77. The molecule has 0 saturated carbocycles. The Morgan fingerprint density at radius 1 is 1.47 bits per heavy atom. The summed E-state index contributed by atoms with van der Waals surface area (Å²) in [4.78, 5) is 2.51. The molecule has 0 amide bonds. The summed E-state index contributed by atoms with van der Waals surface area (Å²) in [5.74, 6) is 0. The largest absolute Gasteiger partial charge is 0.329 e. The van der Waals surface area contributed by atoms with E-state index in [0.29, 0.717) is 6.04 Å². The van der Waals surface area contributed by atoms with E-state index in [1.807, 2.05) is 11.7 Å². The van der Waals surface area contributed by atoms with Gasteiger partial charge >= 0.3 is 0 Å². The zero-order valence-corrected chi connectivity index (χ0v) is 11.5. The number of rotatable bonds is 3. The Hall–Kier alpha value is -0.580. The maximum atomic E-state index is 5.83. The highest BCUT2D eigenvalue weighted by Gasteiger charge is 2.21. The summed E-state index contributed by atoms with van der Waals surface area (Å²) in [6.45, 7) is 5.04. The van der Waals surface area contributed by atoms with Gasteiger partial charge in [0.2, 0.25) is 0 Å². The van der Waals surface area contributed by atoms with E-state index in [0.717, 1.165) is 18.8 Å². The van der Waals surface area contributed by atoms with Gasteiger partial charge in [0.15, 0.2) is 0 Å². The minimum absolute atomic E-state index is 0. The number of aryl methyl sites for hydroxylation is 2. The van der Waals surface area contributed by atoms with Crippen molar-refractivity contribution in [1.29, 1.82) is 0 Å². The van der Waals surface area contributed by atoms with Crippen molar-refractivity contribution < 1.29 is 0 Å². The van der Waals surface area contributed by atoms with Crippen LogP contribution >= 0.6 is 12.4 Å². The van der Waals surface area contributed by atoms with Crippen molar-refractivity contribution in [3.63, 3.8) is 0 Å². The SMILES string of the molecule is Cc1nn(C)cc1CN1CCCCC1CN.Cl. The molecule has 2 N–H and O–H groups in total. The van der Waals surface area contributed by atoms with E-state index in [9.17, 15) is 0 Å². The quantitative estimate of drug-likeness (QED) is 0.893. The van der Waals surface area contributed by atoms with Gasteiger partial charge in [0.05, 0.1) is 5.69 Å².